The molecule has 0 radical (unpaired) electrons. The van der Waals surface area contributed by atoms with Gasteiger partial charge in [-0.1, -0.05) is 74.0 Å². The maximum atomic E-state index is 14.1. The average Bonchev–Trinajstić information content (AvgIpc) is 3.04. The molecule has 5 heteroatoms. The van der Waals surface area contributed by atoms with E-state index in [1.165, 1.54) is 0 Å². The Kier molecular flexibility index (Phi) is 4.74. The summed E-state index contributed by atoms with van der Waals surface area (Å²) in [6.45, 7) is 3.08. The zero-order valence-electron chi connectivity index (χ0n) is 17.5. The lowest BCUT2D eigenvalue weighted by atomic mass is 9.92. The standard InChI is InChI=1S/C26H25N3O2/c1-2-3-17-28-23-16-10-8-14-21(23)26(25(28)31)27-22-15-9-7-13-20(22)24(30)29(26)18-19-11-5-4-6-12-19/h4-16,27H,2-3,17-18H2,1H3/t26-/m1/s1. The predicted molar refractivity (Wildman–Crippen MR) is 122 cm³/mol. The summed E-state index contributed by atoms with van der Waals surface area (Å²) in [6, 6.07) is 25.1. The Balaban J connectivity index is 1.70. The van der Waals surface area contributed by atoms with Crippen molar-refractivity contribution in [1.82, 2.24) is 4.90 Å². The molecule has 2 aliphatic heterocycles. The van der Waals surface area contributed by atoms with Gasteiger partial charge in [-0.25, -0.2) is 0 Å². The molecule has 5 nitrogen and oxygen atoms in total. The highest BCUT2D eigenvalue weighted by molar-refractivity contribution is 6.15. The predicted octanol–water partition coefficient (Wildman–Crippen LogP) is 4.75. The van der Waals surface area contributed by atoms with E-state index < -0.39 is 5.66 Å². The summed E-state index contributed by atoms with van der Waals surface area (Å²) in [5, 5.41) is 3.50. The van der Waals surface area contributed by atoms with Crippen LogP contribution in [0.1, 0.15) is 41.3 Å². The summed E-state index contributed by atoms with van der Waals surface area (Å²) in [7, 11) is 0. The number of fused-ring (bicyclic) bond motifs is 3. The molecule has 3 aromatic rings. The highest BCUT2D eigenvalue weighted by atomic mass is 16.2. The van der Waals surface area contributed by atoms with Crippen molar-refractivity contribution in [3.05, 3.63) is 95.6 Å². The Morgan fingerprint density at radius 1 is 0.871 bits per heavy atom. The van der Waals surface area contributed by atoms with Crippen molar-refractivity contribution in [3.8, 4) is 0 Å². The number of anilines is 2. The number of benzene rings is 3. The Labute approximate surface area is 182 Å². The Morgan fingerprint density at radius 2 is 1.58 bits per heavy atom. The first-order valence-corrected chi connectivity index (χ1v) is 10.8. The smallest absolute Gasteiger partial charge is 0.278 e. The molecule has 2 heterocycles. The zero-order valence-corrected chi connectivity index (χ0v) is 17.5. The van der Waals surface area contributed by atoms with Crippen LogP contribution in [-0.4, -0.2) is 23.3 Å². The van der Waals surface area contributed by atoms with Crippen LogP contribution in [0.15, 0.2) is 78.9 Å². The van der Waals surface area contributed by atoms with Gasteiger partial charge in [0.05, 0.1) is 11.3 Å². The number of rotatable bonds is 5. The van der Waals surface area contributed by atoms with Gasteiger partial charge in [0.1, 0.15) is 0 Å². The van der Waals surface area contributed by atoms with Crippen molar-refractivity contribution in [1.29, 1.82) is 0 Å². The molecular formula is C26H25N3O2. The van der Waals surface area contributed by atoms with Crippen LogP contribution < -0.4 is 10.2 Å². The monoisotopic (exact) mass is 411 g/mol. The van der Waals surface area contributed by atoms with Gasteiger partial charge in [-0.2, -0.15) is 0 Å². The first-order chi connectivity index (χ1) is 15.2. The van der Waals surface area contributed by atoms with Crippen LogP contribution in [-0.2, 0) is 17.0 Å². The van der Waals surface area contributed by atoms with Crippen LogP contribution in [0, 0.1) is 0 Å². The Hall–Kier alpha value is -3.60. The Bertz CT molecular complexity index is 1140. The van der Waals surface area contributed by atoms with E-state index in [9.17, 15) is 9.59 Å². The summed E-state index contributed by atoms with van der Waals surface area (Å²) in [4.78, 5) is 31.4. The fourth-order valence-corrected chi connectivity index (χ4v) is 4.65. The van der Waals surface area contributed by atoms with Gasteiger partial charge >= 0.3 is 0 Å². The van der Waals surface area contributed by atoms with Crippen molar-refractivity contribution in [2.24, 2.45) is 0 Å². The highest BCUT2D eigenvalue weighted by Gasteiger charge is 2.58. The quantitative estimate of drug-likeness (QED) is 0.659. The minimum Gasteiger partial charge on any atom is -0.350 e. The largest absolute Gasteiger partial charge is 0.350 e. The van der Waals surface area contributed by atoms with E-state index in [0.717, 1.165) is 29.7 Å². The molecule has 0 fully saturated rings. The molecule has 3 aromatic carbocycles. The number of nitrogens with zero attached hydrogens (tertiary/aromatic N) is 2. The Morgan fingerprint density at radius 3 is 2.39 bits per heavy atom. The average molecular weight is 412 g/mol. The number of unbranched alkanes of at least 4 members (excludes halogenated alkanes) is 1. The first-order valence-electron chi connectivity index (χ1n) is 10.8. The van der Waals surface area contributed by atoms with E-state index in [4.69, 9.17) is 0 Å². The topological polar surface area (TPSA) is 52.7 Å². The van der Waals surface area contributed by atoms with E-state index in [-0.39, 0.29) is 11.8 Å². The molecule has 0 saturated carbocycles. The zero-order chi connectivity index (χ0) is 21.4. The van der Waals surface area contributed by atoms with Gasteiger partial charge in [0.2, 0.25) is 5.66 Å². The lowest BCUT2D eigenvalue weighted by Gasteiger charge is -2.45. The molecule has 0 aromatic heterocycles. The molecule has 2 amide bonds. The molecule has 0 unspecified atom stereocenters. The number of hydrogen-bond acceptors (Lipinski definition) is 3. The SMILES string of the molecule is CCCCN1C(=O)[C@@]2(Nc3ccccc3C(=O)N2Cc2ccccc2)c2ccccc21. The van der Waals surface area contributed by atoms with E-state index in [1.807, 2.05) is 83.8 Å². The summed E-state index contributed by atoms with van der Waals surface area (Å²) in [5.41, 5.74) is 2.70. The fourth-order valence-electron chi connectivity index (χ4n) is 4.65. The summed E-state index contributed by atoms with van der Waals surface area (Å²) in [5.74, 6) is -0.236. The normalized spacial score (nSPS) is 19.4. The van der Waals surface area contributed by atoms with Gasteiger partial charge in [0.25, 0.3) is 11.8 Å². The van der Waals surface area contributed by atoms with E-state index >= 15 is 0 Å². The van der Waals surface area contributed by atoms with Crippen LogP contribution in [0.5, 0.6) is 0 Å². The molecule has 0 aliphatic carbocycles. The van der Waals surface area contributed by atoms with Crippen molar-refractivity contribution >= 4 is 23.2 Å². The maximum absolute atomic E-state index is 14.1. The molecule has 0 bridgehead atoms. The summed E-state index contributed by atoms with van der Waals surface area (Å²) in [6.07, 6.45) is 1.89. The minimum absolute atomic E-state index is 0.0964. The fraction of sp³-hybridized carbons (Fsp3) is 0.231. The van der Waals surface area contributed by atoms with Crippen LogP contribution in [0.25, 0.3) is 0 Å². The molecule has 156 valence electrons. The molecule has 1 spiro atoms. The highest BCUT2D eigenvalue weighted by Crippen LogP contribution is 2.48. The van der Waals surface area contributed by atoms with Crippen molar-refractivity contribution < 1.29 is 9.59 Å². The molecule has 5 rings (SSSR count). The van der Waals surface area contributed by atoms with Crippen LogP contribution in [0.3, 0.4) is 0 Å². The van der Waals surface area contributed by atoms with Gasteiger partial charge in [-0.3, -0.25) is 14.5 Å². The molecule has 1 atom stereocenters. The molecule has 1 N–H and O–H groups in total. The first kappa shape index (κ1) is 19.4. The molecule has 2 aliphatic rings. The molecule has 31 heavy (non-hydrogen) atoms. The number of carbonyl (C=O) groups is 2. The molecular weight excluding hydrogens is 386 g/mol. The minimum atomic E-state index is -1.26. The van der Waals surface area contributed by atoms with Crippen molar-refractivity contribution in [2.45, 2.75) is 32.0 Å². The van der Waals surface area contributed by atoms with Gasteiger partial charge < -0.3 is 10.2 Å². The second-order valence-electron chi connectivity index (χ2n) is 8.09. The van der Waals surface area contributed by atoms with Gasteiger partial charge in [0, 0.05) is 24.3 Å². The second-order valence-corrected chi connectivity index (χ2v) is 8.09. The van der Waals surface area contributed by atoms with E-state index in [2.05, 4.69) is 12.2 Å². The number of amides is 2. The van der Waals surface area contributed by atoms with Crippen LogP contribution in [0.2, 0.25) is 0 Å². The van der Waals surface area contributed by atoms with Gasteiger partial charge in [-0.05, 0) is 30.2 Å². The van der Waals surface area contributed by atoms with Crippen LogP contribution >= 0.6 is 0 Å². The number of hydrogen-bond donors (Lipinski definition) is 1. The van der Waals surface area contributed by atoms with Gasteiger partial charge in [-0.15, -0.1) is 0 Å². The van der Waals surface area contributed by atoms with Crippen molar-refractivity contribution in [2.75, 3.05) is 16.8 Å². The van der Waals surface area contributed by atoms with Crippen molar-refractivity contribution in [3.63, 3.8) is 0 Å². The second kappa shape index (κ2) is 7.58. The van der Waals surface area contributed by atoms with Crippen LogP contribution in [0.4, 0.5) is 11.4 Å². The van der Waals surface area contributed by atoms with E-state index in [1.54, 1.807) is 4.90 Å². The third-order valence-electron chi connectivity index (χ3n) is 6.18. The lowest BCUT2D eigenvalue weighted by Crippen LogP contribution is -2.62. The lowest BCUT2D eigenvalue weighted by molar-refractivity contribution is -0.127. The summed E-state index contributed by atoms with van der Waals surface area (Å²) >= 11 is 0. The maximum Gasteiger partial charge on any atom is 0.278 e. The van der Waals surface area contributed by atoms with E-state index in [0.29, 0.717) is 24.3 Å². The number of nitrogens with one attached hydrogen (secondary N) is 1. The third-order valence-corrected chi connectivity index (χ3v) is 6.18. The molecule has 0 saturated heterocycles. The third kappa shape index (κ3) is 2.92. The number of carbonyl (C=O) groups excluding carboxylic acids is 2. The summed E-state index contributed by atoms with van der Waals surface area (Å²) < 4.78 is 0. The number of para-hydroxylation sites is 2. The van der Waals surface area contributed by atoms with Gasteiger partial charge in [0.15, 0.2) is 0 Å².